The normalized spacial score (nSPS) is 14.7. The molecule has 1 aliphatic rings. The van der Waals surface area contributed by atoms with Crippen LogP contribution in [0.15, 0.2) is 41.4 Å². The fourth-order valence-electron chi connectivity index (χ4n) is 3.76. The second kappa shape index (κ2) is 10.4. The van der Waals surface area contributed by atoms with Gasteiger partial charge in [-0.2, -0.15) is 0 Å². The van der Waals surface area contributed by atoms with Gasteiger partial charge in [-0.05, 0) is 49.9 Å². The summed E-state index contributed by atoms with van der Waals surface area (Å²) in [6.45, 7) is 4.10. The number of guanidine groups is 1. The number of rotatable bonds is 10. The number of benzene rings is 2. The zero-order chi connectivity index (χ0) is 22.3. The molecule has 0 spiro atoms. The van der Waals surface area contributed by atoms with Crippen molar-refractivity contribution < 1.29 is 18.6 Å². The summed E-state index contributed by atoms with van der Waals surface area (Å²) in [6.07, 6.45) is 2.79. The Morgan fingerprint density at radius 3 is 2.42 bits per heavy atom. The molecule has 0 amide bonds. The van der Waals surface area contributed by atoms with E-state index in [9.17, 15) is 4.39 Å². The number of nitrogens with zero attached hydrogens (tertiary/aromatic N) is 1. The molecule has 1 fully saturated rings. The Kier molecular flexibility index (Phi) is 7.60. The van der Waals surface area contributed by atoms with E-state index in [2.05, 4.69) is 10.6 Å². The second-order valence-corrected chi connectivity index (χ2v) is 7.66. The number of halogens is 1. The lowest BCUT2D eigenvalue weighted by Crippen LogP contribution is -2.39. The smallest absolute Gasteiger partial charge is 0.203 e. The SMILES string of the molecule is CCNC(=NCC1(c2cccc(F)c2)CC1)NCCc1ccc(OC)c(OC)c1OC. The Morgan fingerprint density at radius 2 is 1.81 bits per heavy atom. The lowest BCUT2D eigenvalue weighted by Gasteiger charge is -2.17. The van der Waals surface area contributed by atoms with Crippen molar-refractivity contribution in [1.82, 2.24) is 10.6 Å². The second-order valence-electron chi connectivity index (χ2n) is 7.66. The van der Waals surface area contributed by atoms with Gasteiger partial charge in [-0.3, -0.25) is 4.99 Å². The van der Waals surface area contributed by atoms with Crippen LogP contribution in [0, 0.1) is 5.82 Å². The molecule has 0 saturated heterocycles. The molecule has 0 atom stereocenters. The maximum atomic E-state index is 13.6. The zero-order valence-corrected chi connectivity index (χ0v) is 18.8. The zero-order valence-electron chi connectivity index (χ0n) is 18.8. The third-order valence-electron chi connectivity index (χ3n) is 5.65. The quantitative estimate of drug-likeness (QED) is 0.446. The summed E-state index contributed by atoms with van der Waals surface area (Å²) < 4.78 is 30.0. The first-order chi connectivity index (χ1) is 15.1. The largest absolute Gasteiger partial charge is 0.493 e. The first-order valence-electron chi connectivity index (χ1n) is 10.6. The topological polar surface area (TPSA) is 64.1 Å². The minimum Gasteiger partial charge on any atom is -0.493 e. The van der Waals surface area contributed by atoms with Crippen molar-refractivity contribution in [3.8, 4) is 17.2 Å². The summed E-state index contributed by atoms with van der Waals surface area (Å²) in [5.74, 6) is 2.46. The van der Waals surface area contributed by atoms with Crippen molar-refractivity contribution in [1.29, 1.82) is 0 Å². The van der Waals surface area contributed by atoms with Gasteiger partial charge in [0.05, 0.1) is 27.9 Å². The number of aliphatic imine (C=N–C) groups is 1. The molecule has 2 aromatic carbocycles. The Balaban J connectivity index is 1.65. The summed E-state index contributed by atoms with van der Waals surface area (Å²) in [5.41, 5.74) is 2.00. The highest BCUT2D eigenvalue weighted by molar-refractivity contribution is 5.79. The Bertz CT molecular complexity index is 913. The lowest BCUT2D eigenvalue weighted by atomic mass is 9.96. The molecule has 31 heavy (non-hydrogen) atoms. The maximum Gasteiger partial charge on any atom is 0.203 e. The Hall–Kier alpha value is -2.96. The van der Waals surface area contributed by atoms with Crippen LogP contribution in [0.5, 0.6) is 17.2 Å². The molecule has 0 heterocycles. The van der Waals surface area contributed by atoms with Crippen LogP contribution >= 0.6 is 0 Å². The number of nitrogens with one attached hydrogen (secondary N) is 2. The molecule has 0 bridgehead atoms. The summed E-state index contributed by atoms with van der Waals surface area (Å²) in [7, 11) is 4.83. The van der Waals surface area contributed by atoms with E-state index in [1.54, 1.807) is 33.5 Å². The van der Waals surface area contributed by atoms with Crippen molar-refractivity contribution >= 4 is 5.96 Å². The van der Waals surface area contributed by atoms with Gasteiger partial charge in [-0.15, -0.1) is 0 Å². The lowest BCUT2D eigenvalue weighted by molar-refractivity contribution is 0.322. The molecule has 2 aromatic rings. The number of hydrogen-bond acceptors (Lipinski definition) is 4. The third-order valence-corrected chi connectivity index (χ3v) is 5.65. The van der Waals surface area contributed by atoms with Crippen LogP contribution in [0.3, 0.4) is 0 Å². The molecule has 0 unspecified atom stereocenters. The van der Waals surface area contributed by atoms with Gasteiger partial charge in [-0.1, -0.05) is 18.2 Å². The average Bonchev–Trinajstić information content (AvgIpc) is 3.58. The average molecular weight is 430 g/mol. The summed E-state index contributed by atoms with van der Waals surface area (Å²) in [5, 5.41) is 6.68. The standard InChI is InChI=1S/C24H32FN3O3/c1-5-26-23(28-16-24(12-13-24)18-7-6-8-19(25)15-18)27-14-11-17-9-10-20(29-2)22(31-4)21(17)30-3/h6-10,15H,5,11-14,16H2,1-4H3,(H2,26,27,28). The Morgan fingerprint density at radius 1 is 1.03 bits per heavy atom. The molecule has 2 N–H and O–H groups in total. The fourth-order valence-corrected chi connectivity index (χ4v) is 3.76. The van der Waals surface area contributed by atoms with Gasteiger partial charge in [0.2, 0.25) is 5.75 Å². The molecule has 0 aromatic heterocycles. The van der Waals surface area contributed by atoms with E-state index in [-0.39, 0.29) is 11.2 Å². The van der Waals surface area contributed by atoms with E-state index < -0.39 is 0 Å². The van der Waals surface area contributed by atoms with E-state index in [0.717, 1.165) is 42.9 Å². The molecule has 1 aliphatic carbocycles. The van der Waals surface area contributed by atoms with Crippen LogP contribution in [0.4, 0.5) is 4.39 Å². The molecule has 0 aliphatic heterocycles. The highest BCUT2D eigenvalue weighted by Gasteiger charge is 2.44. The van der Waals surface area contributed by atoms with Crippen LogP contribution < -0.4 is 24.8 Å². The van der Waals surface area contributed by atoms with Gasteiger partial charge in [-0.25, -0.2) is 4.39 Å². The van der Waals surface area contributed by atoms with Crippen LogP contribution in [-0.4, -0.2) is 46.9 Å². The predicted octanol–water partition coefficient (Wildman–Crippen LogP) is 3.68. The first-order valence-corrected chi connectivity index (χ1v) is 10.6. The summed E-state index contributed by atoms with van der Waals surface area (Å²) >= 11 is 0. The highest BCUT2D eigenvalue weighted by Crippen LogP contribution is 2.48. The monoisotopic (exact) mass is 429 g/mol. The van der Waals surface area contributed by atoms with Crippen molar-refractivity contribution in [3.63, 3.8) is 0 Å². The van der Waals surface area contributed by atoms with Gasteiger partial charge >= 0.3 is 0 Å². The van der Waals surface area contributed by atoms with Crippen molar-refractivity contribution in [3.05, 3.63) is 53.3 Å². The van der Waals surface area contributed by atoms with Crippen LogP contribution in [-0.2, 0) is 11.8 Å². The van der Waals surface area contributed by atoms with Crippen molar-refractivity contribution in [2.75, 3.05) is 41.0 Å². The van der Waals surface area contributed by atoms with E-state index in [1.807, 2.05) is 25.1 Å². The molecule has 3 rings (SSSR count). The third kappa shape index (κ3) is 5.40. The molecule has 168 valence electrons. The summed E-state index contributed by atoms with van der Waals surface area (Å²) in [6, 6.07) is 10.7. The van der Waals surface area contributed by atoms with E-state index in [4.69, 9.17) is 19.2 Å². The van der Waals surface area contributed by atoms with Gasteiger partial charge < -0.3 is 24.8 Å². The van der Waals surface area contributed by atoms with Crippen LogP contribution in [0.25, 0.3) is 0 Å². The van der Waals surface area contributed by atoms with Crippen molar-refractivity contribution in [2.45, 2.75) is 31.6 Å². The highest BCUT2D eigenvalue weighted by atomic mass is 19.1. The molecule has 0 radical (unpaired) electrons. The Labute approximate surface area is 183 Å². The molecule has 6 nitrogen and oxygen atoms in total. The minimum absolute atomic E-state index is 0.0446. The molecular weight excluding hydrogens is 397 g/mol. The maximum absolute atomic E-state index is 13.6. The van der Waals surface area contributed by atoms with Crippen molar-refractivity contribution in [2.24, 2.45) is 4.99 Å². The van der Waals surface area contributed by atoms with E-state index in [0.29, 0.717) is 30.3 Å². The number of methoxy groups -OCH3 is 3. The van der Waals surface area contributed by atoms with Crippen LogP contribution in [0.2, 0.25) is 0 Å². The van der Waals surface area contributed by atoms with Crippen LogP contribution in [0.1, 0.15) is 30.9 Å². The minimum atomic E-state index is -0.193. The van der Waals surface area contributed by atoms with Gasteiger partial charge in [0.15, 0.2) is 17.5 Å². The fraction of sp³-hybridized carbons (Fsp3) is 0.458. The van der Waals surface area contributed by atoms with Gasteiger partial charge in [0.25, 0.3) is 0 Å². The number of hydrogen-bond donors (Lipinski definition) is 2. The van der Waals surface area contributed by atoms with Gasteiger partial charge in [0, 0.05) is 24.1 Å². The van der Waals surface area contributed by atoms with E-state index in [1.165, 1.54) is 6.07 Å². The number of ether oxygens (including phenoxy) is 3. The summed E-state index contributed by atoms with van der Waals surface area (Å²) in [4.78, 5) is 4.78. The molecular formula is C24H32FN3O3. The van der Waals surface area contributed by atoms with E-state index >= 15 is 0 Å². The predicted molar refractivity (Wildman–Crippen MR) is 121 cm³/mol. The van der Waals surface area contributed by atoms with Gasteiger partial charge in [0.1, 0.15) is 5.82 Å². The molecule has 7 heteroatoms. The molecule has 1 saturated carbocycles. The first kappa shape index (κ1) is 22.7.